The van der Waals surface area contributed by atoms with Gasteiger partial charge < -0.3 is 10.2 Å². The molecule has 3 N–H and O–H groups in total. The molecule has 1 aromatic heterocycles. The third-order valence-corrected chi connectivity index (χ3v) is 2.99. The van der Waals surface area contributed by atoms with Gasteiger partial charge in [0, 0.05) is 0 Å². The Morgan fingerprint density at radius 3 is 2.79 bits per heavy atom. The van der Waals surface area contributed by atoms with Crippen molar-refractivity contribution in [1.29, 1.82) is 0 Å². The van der Waals surface area contributed by atoms with Gasteiger partial charge in [-0.3, -0.25) is 0 Å². The van der Waals surface area contributed by atoms with Crippen molar-refractivity contribution in [2.75, 3.05) is 5.43 Å². The number of aromatic nitrogens is 2. The number of hydrogen-bond donors (Lipinski definition) is 2. The van der Waals surface area contributed by atoms with Crippen molar-refractivity contribution in [3.63, 3.8) is 0 Å². The Bertz CT molecular complexity index is 589. The van der Waals surface area contributed by atoms with Gasteiger partial charge in [-0.1, -0.05) is 24.6 Å². The molecule has 0 unspecified atom stereocenters. The molecule has 0 fully saturated rings. The Hall–Kier alpha value is -1.85. The summed E-state index contributed by atoms with van der Waals surface area (Å²) < 4.78 is 5.75. The van der Waals surface area contributed by atoms with Crippen molar-refractivity contribution in [2.24, 2.45) is 5.84 Å². The number of ether oxygens (including phenoxy) is 1. The Morgan fingerprint density at radius 2 is 2.16 bits per heavy atom. The van der Waals surface area contributed by atoms with Gasteiger partial charge in [0.15, 0.2) is 0 Å². The molecule has 0 saturated carbocycles. The number of anilines is 1. The van der Waals surface area contributed by atoms with E-state index < -0.39 is 0 Å². The summed E-state index contributed by atoms with van der Waals surface area (Å²) in [4.78, 5) is 8.18. The van der Waals surface area contributed by atoms with Gasteiger partial charge >= 0.3 is 0 Å². The molecule has 6 heteroatoms. The van der Waals surface area contributed by atoms with Crippen molar-refractivity contribution in [2.45, 2.75) is 20.3 Å². The van der Waals surface area contributed by atoms with E-state index in [9.17, 15) is 0 Å². The van der Waals surface area contributed by atoms with Gasteiger partial charge in [0.2, 0.25) is 5.88 Å². The quantitative estimate of drug-likeness (QED) is 0.664. The number of rotatable bonds is 4. The summed E-state index contributed by atoms with van der Waals surface area (Å²) in [5.41, 5.74) is 4.41. The summed E-state index contributed by atoms with van der Waals surface area (Å²) in [5.74, 6) is 6.98. The van der Waals surface area contributed by atoms with E-state index in [1.54, 1.807) is 0 Å². The minimum absolute atomic E-state index is 0.455. The molecule has 100 valence electrons. The summed E-state index contributed by atoms with van der Waals surface area (Å²) in [6.07, 6.45) is 2.09. The molecule has 0 aliphatic rings. The van der Waals surface area contributed by atoms with Gasteiger partial charge in [-0.2, -0.15) is 0 Å². The highest BCUT2D eigenvalue weighted by Gasteiger charge is 2.12. The summed E-state index contributed by atoms with van der Waals surface area (Å²) in [6.45, 7) is 3.94. The maximum absolute atomic E-state index is 6.14. The molecule has 19 heavy (non-hydrogen) atoms. The van der Waals surface area contributed by atoms with Crippen molar-refractivity contribution in [3.05, 3.63) is 40.7 Å². The molecule has 1 heterocycles. The fourth-order valence-electron chi connectivity index (χ4n) is 1.72. The van der Waals surface area contributed by atoms with Crippen LogP contribution in [0, 0.1) is 6.92 Å². The molecule has 0 aliphatic heterocycles. The largest absolute Gasteiger partial charge is 0.437 e. The van der Waals surface area contributed by atoms with E-state index in [0.717, 1.165) is 11.1 Å². The normalized spacial score (nSPS) is 10.3. The molecule has 5 nitrogen and oxygen atoms in total. The zero-order valence-corrected chi connectivity index (χ0v) is 11.5. The van der Waals surface area contributed by atoms with Gasteiger partial charge in [0.25, 0.3) is 0 Å². The van der Waals surface area contributed by atoms with Crippen LogP contribution < -0.4 is 16.0 Å². The number of nitrogens with one attached hydrogen (secondary N) is 1. The molecule has 0 amide bonds. The van der Waals surface area contributed by atoms with Crippen molar-refractivity contribution >= 4 is 17.4 Å². The maximum atomic E-state index is 6.14. The monoisotopic (exact) mass is 278 g/mol. The first-order chi connectivity index (χ1) is 9.15. The van der Waals surface area contributed by atoms with Crippen LogP contribution in [-0.2, 0) is 6.42 Å². The third-order valence-electron chi connectivity index (χ3n) is 2.69. The molecule has 2 aromatic rings. The summed E-state index contributed by atoms with van der Waals surface area (Å²) >= 11 is 6.14. The maximum Gasteiger partial charge on any atom is 0.227 e. The Kier molecular flexibility index (Phi) is 4.19. The molecule has 0 saturated heterocycles. The zero-order chi connectivity index (χ0) is 13.8. The summed E-state index contributed by atoms with van der Waals surface area (Å²) in [5, 5.41) is 0.544. The molecule has 0 aliphatic carbocycles. The van der Waals surface area contributed by atoms with Crippen LogP contribution in [0.15, 0.2) is 24.5 Å². The molecule has 1 aromatic carbocycles. The fraction of sp³-hybridized carbons (Fsp3) is 0.231. The number of hydrogen-bond acceptors (Lipinski definition) is 5. The van der Waals surface area contributed by atoms with Crippen LogP contribution in [0.4, 0.5) is 5.82 Å². The highest BCUT2D eigenvalue weighted by Crippen LogP contribution is 2.32. The predicted molar refractivity (Wildman–Crippen MR) is 75.5 cm³/mol. The number of hydrazine groups is 1. The van der Waals surface area contributed by atoms with Gasteiger partial charge in [-0.15, -0.1) is 0 Å². The van der Waals surface area contributed by atoms with Crippen LogP contribution in [0.2, 0.25) is 5.02 Å². The average Bonchev–Trinajstić information content (AvgIpc) is 2.41. The number of nitrogen functional groups attached to an aromatic ring is 1. The van der Waals surface area contributed by atoms with E-state index >= 15 is 0 Å². The molecule has 0 atom stereocenters. The first-order valence-electron chi connectivity index (χ1n) is 5.90. The third kappa shape index (κ3) is 2.94. The predicted octanol–water partition coefficient (Wildman–Crippen LogP) is 3.08. The molecule has 0 spiro atoms. The van der Waals surface area contributed by atoms with Crippen molar-refractivity contribution in [3.8, 4) is 11.6 Å². The number of aryl methyl sites for hydroxylation is 1. The lowest BCUT2D eigenvalue weighted by atomic mass is 10.2. The van der Waals surface area contributed by atoms with E-state index in [0.29, 0.717) is 28.9 Å². The van der Waals surface area contributed by atoms with Crippen LogP contribution in [0.25, 0.3) is 0 Å². The molecular weight excluding hydrogens is 264 g/mol. The van der Waals surface area contributed by atoms with Gasteiger partial charge in [-0.25, -0.2) is 15.8 Å². The molecule has 0 bridgehead atoms. The number of halogens is 1. The standard InChI is InChI=1S/C13H15ClN4O/c1-3-9-12(18-15)16-7-17-13(9)19-11-5-4-8(2)6-10(11)14/h4-7H,3,15H2,1-2H3,(H,16,17,18). The van der Waals surface area contributed by atoms with Gasteiger partial charge in [-0.05, 0) is 31.0 Å². The van der Waals surface area contributed by atoms with Crippen molar-refractivity contribution in [1.82, 2.24) is 9.97 Å². The first kappa shape index (κ1) is 13.6. The molecule has 0 radical (unpaired) electrons. The summed E-state index contributed by atoms with van der Waals surface area (Å²) in [7, 11) is 0. The van der Waals surface area contributed by atoms with Crippen LogP contribution in [0.5, 0.6) is 11.6 Å². The van der Waals surface area contributed by atoms with E-state index in [2.05, 4.69) is 15.4 Å². The van der Waals surface area contributed by atoms with E-state index in [1.807, 2.05) is 32.0 Å². The average molecular weight is 279 g/mol. The number of nitrogens with two attached hydrogens (primary N) is 1. The lowest BCUT2D eigenvalue weighted by Gasteiger charge is -2.12. The second-order valence-electron chi connectivity index (χ2n) is 4.04. The van der Waals surface area contributed by atoms with Gasteiger partial charge in [0.05, 0.1) is 10.6 Å². The van der Waals surface area contributed by atoms with Crippen LogP contribution in [0.3, 0.4) is 0 Å². The molecular formula is C13H15ClN4O. The number of nitrogens with zero attached hydrogens (tertiary/aromatic N) is 2. The van der Waals surface area contributed by atoms with E-state index in [1.165, 1.54) is 6.33 Å². The Labute approximate surface area is 116 Å². The minimum atomic E-state index is 0.455. The highest BCUT2D eigenvalue weighted by molar-refractivity contribution is 6.32. The second-order valence-corrected chi connectivity index (χ2v) is 4.45. The number of benzene rings is 1. The van der Waals surface area contributed by atoms with Crippen molar-refractivity contribution < 1.29 is 4.74 Å². The van der Waals surface area contributed by atoms with Crippen LogP contribution >= 0.6 is 11.6 Å². The van der Waals surface area contributed by atoms with Crippen LogP contribution in [-0.4, -0.2) is 9.97 Å². The zero-order valence-electron chi connectivity index (χ0n) is 10.8. The topological polar surface area (TPSA) is 73.1 Å². The van der Waals surface area contributed by atoms with Crippen LogP contribution in [0.1, 0.15) is 18.1 Å². The molecule has 2 rings (SSSR count). The smallest absolute Gasteiger partial charge is 0.227 e. The lowest BCUT2D eigenvalue weighted by Crippen LogP contribution is -2.12. The minimum Gasteiger partial charge on any atom is -0.437 e. The van der Waals surface area contributed by atoms with E-state index in [-0.39, 0.29) is 0 Å². The van der Waals surface area contributed by atoms with Gasteiger partial charge in [0.1, 0.15) is 17.9 Å². The highest BCUT2D eigenvalue weighted by atomic mass is 35.5. The Morgan fingerprint density at radius 1 is 1.37 bits per heavy atom. The SMILES string of the molecule is CCc1c(NN)ncnc1Oc1ccc(C)cc1Cl. The summed E-state index contributed by atoms with van der Waals surface area (Å²) in [6, 6.07) is 5.58. The van der Waals surface area contributed by atoms with E-state index in [4.69, 9.17) is 22.2 Å². The lowest BCUT2D eigenvalue weighted by molar-refractivity contribution is 0.455. The Balaban J connectivity index is 2.37. The fourth-order valence-corrected chi connectivity index (χ4v) is 1.99. The second kappa shape index (κ2) is 5.86. The first-order valence-corrected chi connectivity index (χ1v) is 6.28.